The third-order valence-electron chi connectivity index (χ3n) is 2.72. The molecule has 0 aliphatic rings. The SMILES string of the molecule is CCNC(Cc1cccnc1)c1ccc(Br)cn1. The minimum Gasteiger partial charge on any atom is -0.309 e. The molecule has 1 N–H and O–H groups in total. The summed E-state index contributed by atoms with van der Waals surface area (Å²) in [7, 11) is 0. The molecule has 0 aliphatic heterocycles. The highest BCUT2D eigenvalue weighted by atomic mass is 79.9. The Morgan fingerprint density at radius 2 is 2.17 bits per heavy atom. The molecule has 4 heteroatoms. The van der Waals surface area contributed by atoms with Crippen LogP contribution in [0.1, 0.15) is 24.2 Å². The van der Waals surface area contributed by atoms with Crippen LogP contribution in [0.15, 0.2) is 47.3 Å². The molecule has 3 nitrogen and oxygen atoms in total. The predicted molar refractivity (Wildman–Crippen MR) is 76.3 cm³/mol. The van der Waals surface area contributed by atoms with Crippen LogP contribution < -0.4 is 5.32 Å². The first-order valence-electron chi connectivity index (χ1n) is 6.03. The van der Waals surface area contributed by atoms with Gasteiger partial charge in [0.1, 0.15) is 0 Å². The summed E-state index contributed by atoms with van der Waals surface area (Å²) >= 11 is 3.41. The van der Waals surface area contributed by atoms with Gasteiger partial charge in [-0.3, -0.25) is 9.97 Å². The molecule has 0 aliphatic carbocycles. The van der Waals surface area contributed by atoms with Crippen LogP contribution in [0.25, 0.3) is 0 Å². The van der Waals surface area contributed by atoms with Gasteiger partial charge in [-0.25, -0.2) is 0 Å². The summed E-state index contributed by atoms with van der Waals surface area (Å²) in [5.74, 6) is 0. The fourth-order valence-corrected chi connectivity index (χ4v) is 2.11. The highest BCUT2D eigenvalue weighted by Crippen LogP contribution is 2.17. The first-order chi connectivity index (χ1) is 8.79. The van der Waals surface area contributed by atoms with E-state index in [1.807, 2.05) is 30.6 Å². The number of aromatic nitrogens is 2. The molecular formula is C14H16BrN3. The van der Waals surface area contributed by atoms with E-state index in [1.165, 1.54) is 5.56 Å². The fraction of sp³-hybridized carbons (Fsp3) is 0.286. The maximum Gasteiger partial charge on any atom is 0.0577 e. The molecule has 0 radical (unpaired) electrons. The molecule has 1 atom stereocenters. The first-order valence-corrected chi connectivity index (χ1v) is 6.82. The second-order valence-corrected chi connectivity index (χ2v) is 4.99. The smallest absolute Gasteiger partial charge is 0.0577 e. The zero-order valence-electron chi connectivity index (χ0n) is 10.3. The number of nitrogens with one attached hydrogen (secondary N) is 1. The summed E-state index contributed by atoms with van der Waals surface area (Å²) in [5, 5.41) is 3.46. The molecule has 0 bridgehead atoms. The van der Waals surface area contributed by atoms with Gasteiger partial charge in [-0.05, 0) is 52.7 Å². The summed E-state index contributed by atoms with van der Waals surface area (Å²) in [5.41, 5.74) is 2.28. The number of halogens is 1. The summed E-state index contributed by atoms with van der Waals surface area (Å²) in [6, 6.07) is 8.36. The topological polar surface area (TPSA) is 37.8 Å². The Bertz CT molecular complexity index is 470. The van der Waals surface area contributed by atoms with Crippen molar-refractivity contribution in [3.8, 4) is 0 Å². The van der Waals surface area contributed by atoms with Crippen LogP contribution in [0.3, 0.4) is 0 Å². The van der Waals surface area contributed by atoms with Crippen molar-refractivity contribution in [2.45, 2.75) is 19.4 Å². The lowest BCUT2D eigenvalue weighted by molar-refractivity contribution is 0.536. The van der Waals surface area contributed by atoms with E-state index in [0.29, 0.717) is 0 Å². The van der Waals surface area contributed by atoms with Gasteiger partial charge in [-0.2, -0.15) is 0 Å². The van der Waals surface area contributed by atoms with Crippen LogP contribution in [-0.2, 0) is 6.42 Å². The highest BCUT2D eigenvalue weighted by Gasteiger charge is 2.12. The number of nitrogens with zero attached hydrogens (tertiary/aromatic N) is 2. The van der Waals surface area contributed by atoms with E-state index >= 15 is 0 Å². The van der Waals surface area contributed by atoms with E-state index in [1.54, 1.807) is 6.20 Å². The van der Waals surface area contributed by atoms with Crippen molar-refractivity contribution >= 4 is 15.9 Å². The average molecular weight is 306 g/mol. The Kier molecular flexibility index (Phi) is 4.84. The lowest BCUT2D eigenvalue weighted by atomic mass is 10.0. The first kappa shape index (κ1) is 13.2. The average Bonchev–Trinajstić information content (AvgIpc) is 2.40. The summed E-state index contributed by atoms with van der Waals surface area (Å²) in [6.45, 7) is 3.03. The Labute approximate surface area is 116 Å². The molecule has 94 valence electrons. The lowest BCUT2D eigenvalue weighted by Gasteiger charge is -2.17. The second kappa shape index (κ2) is 6.61. The number of likely N-dealkylation sites (N-methyl/N-ethyl adjacent to an activating group) is 1. The van der Waals surface area contributed by atoms with Gasteiger partial charge in [0.15, 0.2) is 0 Å². The largest absolute Gasteiger partial charge is 0.309 e. The number of rotatable bonds is 5. The summed E-state index contributed by atoms with van der Waals surface area (Å²) in [4.78, 5) is 8.61. The summed E-state index contributed by atoms with van der Waals surface area (Å²) in [6.07, 6.45) is 6.44. The van der Waals surface area contributed by atoms with Gasteiger partial charge in [-0.15, -0.1) is 0 Å². The normalized spacial score (nSPS) is 12.3. The molecule has 0 amide bonds. The molecule has 2 aromatic rings. The molecule has 0 spiro atoms. The van der Waals surface area contributed by atoms with Crippen LogP contribution in [0.5, 0.6) is 0 Å². The van der Waals surface area contributed by atoms with E-state index in [2.05, 4.69) is 44.2 Å². The molecule has 2 aromatic heterocycles. The Morgan fingerprint density at radius 1 is 1.28 bits per heavy atom. The zero-order valence-corrected chi connectivity index (χ0v) is 11.9. The van der Waals surface area contributed by atoms with Crippen molar-refractivity contribution in [1.29, 1.82) is 0 Å². The van der Waals surface area contributed by atoms with Crippen molar-refractivity contribution in [3.63, 3.8) is 0 Å². The van der Waals surface area contributed by atoms with E-state index in [0.717, 1.165) is 23.1 Å². The molecule has 2 rings (SSSR count). The standard InChI is InChI=1S/C14H16BrN3/c1-2-17-14(8-11-4-3-7-16-9-11)13-6-5-12(15)10-18-13/h3-7,9-10,14,17H,2,8H2,1H3. The van der Waals surface area contributed by atoms with E-state index < -0.39 is 0 Å². The van der Waals surface area contributed by atoms with Crippen molar-refractivity contribution < 1.29 is 0 Å². The van der Waals surface area contributed by atoms with Crippen LogP contribution >= 0.6 is 15.9 Å². The van der Waals surface area contributed by atoms with Crippen molar-refractivity contribution in [3.05, 3.63) is 58.6 Å². The molecule has 2 heterocycles. The zero-order chi connectivity index (χ0) is 12.8. The molecule has 0 fully saturated rings. The van der Waals surface area contributed by atoms with Gasteiger partial charge in [0.2, 0.25) is 0 Å². The van der Waals surface area contributed by atoms with Gasteiger partial charge >= 0.3 is 0 Å². The Balaban J connectivity index is 2.15. The second-order valence-electron chi connectivity index (χ2n) is 4.08. The van der Waals surface area contributed by atoms with E-state index in [9.17, 15) is 0 Å². The van der Waals surface area contributed by atoms with E-state index in [-0.39, 0.29) is 6.04 Å². The van der Waals surface area contributed by atoms with Crippen molar-refractivity contribution in [2.75, 3.05) is 6.54 Å². The Hall–Kier alpha value is -1.26. The van der Waals surface area contributed by atoms with Crippen molar-refractivity contribution in [2.24, 2.45) is 0 Å². The maximum atomic E-state index is 4.46. The van der Waals surface area contributed by atoms with Crippen LogP contribution in [0, 0.1) is 0 Å². The predicted octanol–water partition coefficient (Wildman–Crippen LogP) is 3.13. The minimum absolute atomic E-state index is 0.229. The number of pyridine rings is 2. The minimum atomic E-state index is 0.229. The van der Waals surface area contributed by atoms with Gasteiger partial charge in [0, 0.05) is 23.1 Å². The number of hydrogen-bond acceptors (Lipinski definition) is 3. The van der Waals surface area contributed by atoms with Gasteiger partial charge < -0.3 is 5.32 Å². The molecule has 18 heavy (non-hydrogen) atoms. The molecule has 0 aromatic carbocycles. The highest BCUT2D eigenvalue weighted by molar-refractivity contribution is 9.10. The van der Waals surface area contributed by atoms with Gasteiger partial charge in [0.25, 0.3) is 0 Å². The monoisotopic (exact) mass is 305 g/mol. The third-order valence-corrected chi connectivity index (χ3v) is 3.19. The lowest BCUT2D eigenvalue weighted by Crippen LogP contribution is -2.23. The molecular weight excluding hydrogens is 290 g/mol. The van der Waals surface area contributed by atoms with Gasteiger partial charge in [-0.1, -0.05) is 13.0 Å². The van der Waals surface area contributed by atoms with Crippen molar-refractivity contribution in [1.82, 2.24) is 15.3 Å². The fourth-order valence-electron chi connectivity index (χ4n) is 1.88. The molecule has 1 unspecified atom stereocenters. The van der Waals surface area contributed by atoms with Crippen LogP contribution in [0.4, 0.5) is 0 Å². The quantitative estimate of drug-likeness (QED) is 0.922. The summed E-state index contributed by atoms with van der Waals surface area (Å²) < 4.78 is 1.00. The molecule has 0 saturated heterocycles. The van der Waals surface area contributed by atoms with Gasteiger partial charge in [0.05, 0.1) is 11.7 Å². The third kappa shape index (κ3) is 3.62. The van der Waals surface area contributed by atoms with E-state index in [4.69, 9.17) is 0 Å². The molecule has 0 saturated carbocycles. The number of hydrogen-bond donors (Lipinski definition) is 1. The van der Waals surface area contributed by atoms with Crippen LogP contribution in [0.2, 0.25) is 0 Å². The maximum absolute atomic E-state index is 4.46. The van der Waals surface area contributed by atoms with Crippen LogP contribution in [-0.4, -0.2) is 16.5 Å². The Morgan fingerprint density at radius 3 is 2.78 bits per heavy atom.